The van der Waals surface area contributed by atoms with Gasteiger partial charge >= 0.3 is 0 Å². The summed E-state index contributed by atoms with van der Waals surface area (Å²) in [5.41, 5.74) is 9.07. The predicted molar refractivity (Wildman–Crippen MR) is 244 cm³/mol. The van der Waals surface area contributed by atoms with Crippen LogP contribution in [-0.2, 0) is 0 Å². The number of aromatic nitrogens is 3. The van der Waals surface area contributed by atoms with Crippen LogP contribution in [0, 0.1) is 0 Å². The van der Waals surface area contributed by atoms with Gasteiger partial charge < -0.3 is 9.13 Å². The lowest BCUT2D eigenvalue weighted by atomic mass is 9.90. The van der Waals surface area contributed by atoms with Crippen molar-refractivity contribution in [3.8, 4) is 22.6 Å². The zero-order valence-corrected chi connectivity index (χ0v) is 31.5. The van der Waals surface area contributed by atoms with Crippen molar-refractivity contribution < 1.29 is 0 Å². The lowest BCUT2D eigenvalue weighted by Crippen LogP contribution is -1.95. The average molecular weight is 742 g/mol. The van der Waals surface area contributed by atoms with Crippen molar-refractivity contribution in [1.82, 2.24) is 14.1 Å². The molecule has 4 heteroatoms. The van der Waals surface area contributed by atoms with Crippen LogP contribution in [0.1, 0.15) is 0 Å². The Labute approximate surface area is 330 Å². The Hall–Kier alpha value is -7.27. The van der Waals surface area contributed by atoms with Gasteiger partial charge in [-0.1, -0.05) is 133 Å². The zero-order chi connectivity index (χ0) is 37.2. The summed E-state index contributed by atoms with van der Waals surface area (Å²) in [7, 11) is 0. The second-order valence-corrected chi connectivity index (χ2v) is 16.1. The molecular formula is C53H31N3S. The molecule has 0 unspecified atom stereocenters. The average Bonchev–Trinajstić information content (AvgIpc) is 3.92. The summed E-state index contributed by atoms with van der Waals surface area (Å²) in [6.45, 7) is 0. The number of thiophene rings is 1. The zero-order valence-electron chi connectivity index (χ0n) is 30.6. The van der Waals surface area contributed by atoms with E-state index in [1.165, 1.54) is 96.4 Å². The van der Waals surface area contributed by atoms with Gasteiger partial charge in [0.1, 0.15) is 4.83 Å². The molecule has 9 aromatic carbocycles. The Balaban J connectivity index is 1.10. The summed E-state index contributed by atoms with van der Waals surface area (Å²) in [5, 5.41) is 15.0. The summed E-state index contributed by atoms with van der Waals surface area (Å²) >= 11 is 1.87. The molecule has 0 saturated carbocycles. The normalized spacial score (nSPS) is 12.2. The van der Waals surface area contributed by atoms with E-state index in [0.717, 1.165) is 22.5 Å². The molecule has 0 N–H and O–H groups in total. The maximum absolute atomic E-state index is 5.43. The molecule has 0 amide bonds. The van der Waals surface area contributed by atoms with E-state index in [-0.39, 0.29) is 0 Å². The second-order valence-electron chi connectivity index (χ2n) is 15.1. The Morgan fingerprint density at radius 3 is 1.68 bits per heavy atom. The highest BCUT2D eigenvalue weighted by molar-refractivity contribution is 7.25. The minimum atomic E-state index is 1.01. The molecule has 0 bridgehead atoms. The molecule has 0 aliphatic rings. The van der Waals surface area contributed by atoms with Crippen LogP contribution < -0.4 is 0 Å². The molecule has 57 heavy (non-hydrogen) atoms. The molecule has 4 aromatic heterocycles. The molecule has 3 nitrogen and oxygen atoms in total. The first-order chi connectivity index (χ1) is 28.3. The quantitative estimate of drug-likeness (QED) is 0.165. The molecule has 13 aromatic rings. The third kappa shape index (κ3) is 4.28. The molecule has 0 saturated heterocycles. The Morgan fingerprint density at radius 2 is 0.912 bits per heavy atom. The van der Waals surface area contributed by atoms with Crippen molar-refractivity contribution in [3.63, 3.8) is 0 Å². The number of hydrogen-bond donors (Lipinski definition) is 0. The van der Waals surface area contributed by atoms with E-state index >= 15 is 0 Å². The van der Waals surface area contributed by atoms with E-state index in [0.29, 0.717) is 0 Å². The number of pyridine rings is 1. The van der Waals surface area contributed by atoms with Crippen LogP contribution in [-0.4, -0.2) is 14.1 Å². The van der Waals surface area contributed by atoms with Crippen molar-refractivity contribution in [3.05, 3.63) is 188 Å². The van der Waals surface area contributed by atoms with Crippen LogP contribution in [0.15, 0.2) is 188 Å². The van der Waals surface area contributed by atoms with Crippen LogP contribution in [0.5, 0.6) is 0 Å². The van der Waals surface area contributed by atoms with Crippen LogP contribution in [0.4, 0.5) is 0 Å². The van der Waals surface area contributed by atoms with E-state index in [9.17, 15) is 0 Å². The molecular weight excluding hydrogens is 711 g/mol. The van der Waals surface area contributed by atoms with Gasteiger partial charge in [0.15, 0.2) is 0 Å². The topological polar surface area (TPSA) is 22.8 Å². The lowest BCUT2D eigenvalue weighted by Gasteiger charge is -2.16. The molecule has 0 aliphatic heterocycles. The molecule has 0 fully saturated rings. The smallest absolute Gasteiger partial charge is 0.109 e. The van der Waals surface area contributed by atoms with Gasteiger partial charge in [0, 0.05) is 64.7 Å². The molecule has 0 radical (unpaired) electrons. The summed E-state index contributed by atoms with van der Waals surface area (Å²) < 4.78 is 6.20. The predicted octanol–water partition coefficient (Wildman–Crippen LogP) is 14.8. The minimum Gasteiger partial charge on any atom is -0.309 e. The first-order valence-electron chi connectivity index (χ1n) is 19.5. The summed E-state index contributed by atoms with van der Waals surface area (Å²) in [5.74, 6) is 0. The highest BCUT2D eigenvalue weighted by Gasteiger charge is 2.22. The first kappa shape index (κ1) is 31.0. The van der Waals surface area contributed by atoms with Gasteiger partial charge in [0.25, 0.3) is 0 Å². The van der Waals surface area contributed by atoms with Gasteiger partial charge in [-0.25, -0.2) is 4.98 Å². The van der Waals surface area contributed by atoms with Gasteiger partial charge in [-0.15, -0.1) is 11.3 Å². The monoisotopic (exact) mass is 741 g/mol. The number of rotatable bonds is 3. The number of para-hydroxylation sites is 3. The van der Waals surface area contributed by atoms with E-state index < -0.39 is 0 Å². The van der Waals surface area contributed by atoms with E-state index in [1.807, 2.05) is 11.3 Å². The highest BCUT2D eigenvalue weighted by Crippen LogP contribution is 2.46. The van der Waals surface area contributed by atoms with Crippen molar-refractivity contribution in [2.24, 2.45) is 0 Å². The molecule has 13 rings (SSSR count). The Bertz CT molecular complexity index is 3790. The number of hydrogen-bond acceptors (Lipinski definition) is 2. The summed E-state index contributed by atoms with van der Waals surface area (Å²) in [6.07, 6.45) is 0. The summed E-state index contributed by atoms with van der Waals surface area (Å²) in [6, 6.07) is 68.6. The van der Waals surface area contributed by atoms with Crippen molar-refractivity contribution in [2.75, 3.05) is 0 Å². The van der Waals surface area contributed by atoms with E-state index in [1.54, 1.807) is 0 Å². The molecule has 0 spiro atoms. The maximum Gasteiger partial charge on any atom is 0.109 e. The van der Waals surface area contributed by atoms with Crippen molar-refractivity contribution >= 4 is 108 Å². The van der Waals surface area contributed by atoms with Gasteiger partial charge in [-0.3, -0.25) is 0 Å². The fraction of sp³-hybridized carbons (Fsp3) is 0. The van der Waals surface area contributed by atoms with Gasteiger partial charge in [-0.2, -0.15) is 0 Å². The van der Waals surface area contributed by atoms with Crippen LogP contribution in [0.2, 0.25) is 0 Å². The van der Waals surface area contributed by atoms with Gasteiger partial charge in [0.2, 0.25) is 0 Å². The maximum atomic E-state index is 5.43. The molecule has 0 atom stereocenters. The number of benzene rings is 9. The van der Waals surface area contributed by atoms with Gasteiger partial charge in [-0.05, 0) is 76.1 Å². The second kappa shape index (κ2) is 11.6. The standard InChI is InChI=1S/C53H31N3S/c1-2-14-33(15-3-1)55-45-24-12-9-18-37(45)42-30-47-43(31-46(42)55)50-41-22-10-13-25-48(41)57-53(50)56(47)34-28-26-32(27-29-34)52-51-39-20-7-5-17-36(39)35-16-4-6-19-38(35)49(51)40-21-8-11-23-44(40)54-52/h1-31H. The number of nitrogens with zero attached hydrogens (tertiary/aromatic N) is 3. The van der Waals surface area contributed by atoms with E-state index in [4.69, 9.17) is 4.98 Å². The largest absolute Gasteiger partial charge is 0.309 e. The molecule has 264 valence electrons. The third-order valence-electron chi connectivity index (χ3n) is 12.1. The van der Waals surface area contributed by atoms with E-state index in [2.05, 4.69) is 197 Å². The fourth-order valence-electron chi connectivity index (χ4n) is 9.66. The molecule has 0 aliphatic carbocycles. The summed E-state index contributed by atoms with van der Waals surface area (Å²) in [4.78, 5) is 6.69. The van der Waals surface area contributed by atoms with Crippen LogP contribution in [0.25, 0.3) is 119 Å². The first-order valence-corrected chi connectivity index (χ1v) is 20.3. The van der Waals surface area contributed by atoms with Crippen molar-refractivity contribution in [1.29, 1.82) is 0 Å². The number of fused-ring (bicyclic) bond motifs is 16. The Morgan fingerprint density at radius 1 is 0.351 bits per heavy atom. The minimum absolute atomic E-state index is 1.01. The highest BCUT2D eigenvalue weighted by atomic mass is 32.1. The third-order valence-corrected chi connectivity index (χ3v) is 13.2. The Kier molecular flexibility index (Phi) is 6.32. The molecule has 4 heterocycles. The fourth-order valence-corrected chi connectivity index (χ4v) is 10.9. The van der Waals surface area contributed by atoms with Crippen LogP contribution >= 0.6 is 11.3 Å². The van der Waals surface area contributed by atoms with Crippen LogP contribution in [0.3, 0.4) is 0 Å². The van der Waals surface area contributed by atoms with Gasteiger partial charge in [0.05, 0.1) is 27.8 Å². The lowest BCUT2D eigenvalue weighted by molar-refractivity contribution is 1.18. The van der Waals surface area contributed by atoms with Crippen molar-refractivity contribution in [2.45, 2.75) is 0 Å². The SMILES string of the molecule is c1ccc(-n2c3ccccc3c3cc4c(cc32)c2c3ccccc3sc2n4-c2ccc(-c3nc4ccccc4c4c5ccccc5c5ccccc5c34)cc2)cc1.